The van der Waals surface area contributed by atoms with Crippen LogP contribution in [0.5, 0.6) is 5.75 Å². The van der Waals surface area contributed by atoms with Crippen molar-refractivity contribution in [1.82, 2.24) is 0 Å². The highest BCUT2D eigenvalue weighted by Crippen LogP contribution is 2.41. The van der Waals surface area contributed by atoms with Gasteiger partial charge in [-0.2, -0.15) is 0 Å². The van der Waals surface area contributed by atoms with Crippen LogP contribution in [-0.4, -0.2) is 30.4 Å². The number of hydrogen-bond donors (Lipinski definition) is 1. The summed E-state index contributed by atoms with van der Waals surface area (Å²) in [6.07, 6.45) is 4.49. The maximum atomic E-state index is 13.9. The highest BCUT2D eigenvalue weighted by Gasteiger charge is 2.40. The number of esters is 1. The summed E-state index contributed by atoms with van der Waals surface area (Å²) in [5.41, 5.74) is 3.64. The lowest BCUT2D eigenvalue weighted by atomic mass is 9.80. The van der Waals surface area contributed by atoms with E-state index in [1.165, 1.54) is 12.8 Å². The van der Waals surface area contributed by atoms with Gasteiger partial charge < -0.3 is 19.3 Å². The molecule has 0 saturated heterocycles. The fraction of sp³-hybridized carbons (Fsp3) is 0.295. The normalized spacial score (nSPS) is 12.6. The van der Waals surface area contributed by atoms with Crippen molar-refractivity contribution in [2.45, 2.75) is 63.8 Å². The Labute approximate surface area is 291 Å². The summed E-state index contributed by atoms with van der Waals surface area (Å²) < 4.78 is 18.9. The molecule has 0 aliphatic carbocycles. The Kier molecular flexibility index (Phi) is 13.6. The molecule has 2 unspecified atom stereocenters. The molecule has 0 aliphatic heterocycles. The molecule has 5 rings (SSSR count). The molecule has 1 N–H and O–H groups in total. The number of rotatable bonds is 19. The number of aliphatic hydroxyl groups is 1. The first-order chi connectivity index (χ1) is 24.1. The van der Waals surface area contributed by atoms with E-state index in [-0.39, 0.29) is 13.2 Å². The van der Waals surface area contributed by atoms with E-state index >= 15 is 0 Å². The number of aliphatic hydroxyl groups excluding tert-OH is 1. The fourth-order valence-corrected chi connectivity index (χ4v) is 6.18. The number of hydrogen-bond acceptors (Lipinski definition) is 5. The molecular weight excluding hydrogens is 608 g/mol. The quantitative estimate of drug-likeness (QED) is 0.0545. The number of benzene rings is 5. The van der Waals surface area contributed by atoms with E-state index in [0.29, 0.717) is 19.4 Å². The van der Waals surface area contributed by atoms with E-state index in [9.17, 15) is 9.90 Å². The van der Waals surface area contributed by atoms with E-state index in [0.717, 1.165) is 46.4 Å². The fourth-order valence-electron chi connectivity index (χ4n) is 6.18. The van der Waals surface area contributed by atoms with E-state index in [1.54, 1.807) is 0 Å². The summed E-state index contributed by atoms with van der Waals surface area (Å²) >= 11 is 0. The average molecular weight is 657 g/mol. The number of ether oxygens (including phenoxy) is 3. The van der Waals surface area contributed by atoms with Crippen molar-refractivity contribution in [3.8, 4) is 5.75 Å². The standard InChI is InChI=1S/C44H48O5/c1-2-3-4-17-31-47-40-28-18-21-35(32-40)29-30-42(45)41(43(46)48-33-36-19-9-5-10-20-36)34-49-44(37-22-11-6-12-23-37,38-24-13-7-14-25-38)39-26-15-8-16-27-39/h5-16,18-28,32,41-42,45H,2-4,17,29-31,33-34H2,1H3. The molecule has 5 aromatic carbocycles. The van der Waals surface area contributed by atoms with Gasteiger partial charge in [-0.3, -0.25) is 4.79 Å². The first-order valence-corrected chi connectivity index (χ1v) is 17.5. The van der Waals surface area contributed by atoms with Gasteiger partial charge in [0.15, 0.2) is 0 Å². The molecule has 2 atom stereocenters. The smallest absolute Gasteiger partial charge is 0.314 e. The summed E-state index contributed by atoms with van der Waals surface area (Å²) in [5, 5.41) is 11.7. The third kappa shape index (κ3) is 9.91. The van der Waals surface area contributed by atoms with Crippen LogP contribution in [-0.2, 0) is 32.9 Å². The monoisotopic (exact) mass is 656 g/mol. The van der Waals surface area contributed by atoms with Crippen molar-refractivity contribution in [3.63, 3.8) is 0 Å². The molecule has 49 heavy (non-hydrogen) atoms. The SMILES string of the molecule is CCCCCCOc1cccc(CCC(O)C(COC(c2ccccc2)(c2ccccc2)c2ccccc2)C(=O)OCc2ccccc2)c1. The van der Waals surface area contributed by atoms with E-state index in [2.05, 4.69) is 6.92 Å². The first-order valence-electron chi connectivity index (χ1n) is 17.5. The maximum absolute atomic E-state index is 13.9. The molecule has 0 aliphatic rings. The van der Waals surface area contributed by atoms with Crippen LogP contribution in [0.3, 0.4) is 0 Å². The van der Waals surface area contributed by atoms with Crippen LogP contribution in [0.25, 0.3) is 0 Å². The second-order valence-corrected chi connectivity index (χ2v) is 12.5. The van der Waals surface area contributed by atoms with Crippen LogP contribution in [0.1, 0.15) is 66.8 Å². The largest absolute Gasteiger partial charge is 0.494 e. The Morgan fingerprint density at radius 2 is 1.22 bits per heavy atom. The van der Waals surface area contributed by atoms with Crippen LogP contribution in [0, 0.1) is 5.92 Å². The minimum absolute atomic E-state index is 0.0611. The minimum atomic E-state index is -1.04. The molecule has 254 valence electrons. The van der Waals surface area contributed by atoms with Gasteiger partial charge in [-0.25, -0.2) is 0 Å². The van der Waals surface area contributed by atoms with Crippen LogP contribution >= 0.6 is 0 Å². The van der Waals surface area contributed by atoms with Gasteiger partial charge in [0.25, 0.3) is 0 Å². The van der Waals surface area contributed by atoms with Gasteiger partial charge in [-0.15, -0.1) is 0 Å². The summed E-state index contributed by atoms with van der Waals surface area (Å²) in [7, 11) is 0. The van der Waals surface area contributed by atoms with E-state index in [4.69, 9.17) is 14.2 Å². The Morgan fingerprint density at radius 3 is 1.80 bits per heavy atom. The van der Waals surface area contributed by atoms with Gasteiger partial charge in [-0.05, 0) is 59.2 Å². The number of carbonyl (C=O) groups excluding carboxylic acids is 1. The van der Waals surface area contributed by atoms with Crippen LogP contribution in [0.2, 0.25) is 0 Å². The molecule has 0 radical (unpaired) electrons. The summed E-state index contributed by atoms with van der Waals surface area (Å²) in [5.74, 6) is -0.607. The molecule has 0 heterocycles. The lowest BCUT2D eigenvalue weighted by Crippen LogP contribution is -2.40. The number of carbonyl (C=O) groups is 1. The van der Waals surface area contributed by atoms with Crippen LogP contribution < -0.4 is 4.74 Å². The predicted molar refractivity (Wildman–Crippen MR) is 195 cm³/mol. The van der Waals surface area contributed by atoms with Gasteiger partial charge in [0.2, 0.25) is 0 Å². The minimum Gasteiger partial charge on any atom is -0.494 e. The first kappa shape index (κ1) is 35.6. The Morgan fingerprint density at radius 1 is 0.673 bits per heavy atom. The van der Waals surface area contributed by atoms with Gasteiger partial charge in [-0.1, -0.05) is 160 Å². The second kappa shape index (κ2) is 18.7. The van der Waals surface area contributed by atoms with Crippen molar-refractivity contribution in [2.24, 2.45) is 5.92 Å². The van der Waals surface area contributed by atoms with Crippen molar-refractivity contribution in [2.75, 3.05) is 13.2 Å². The van der Waals surface area contributed by atoms with Crippen molar-refractivity contribution >= 4 is 5.97 Å². The second-order valence-electron chi connectivity index (χ2n) is 12.5. The number of unbranched alkanes of at least 4 members (excludes halogenated alkanes) is 3. The van der Waals surface area contributed by atoms with Crippen molar-refractivity contribution in [3.05, 3.63) is 173 Å². The molecule has 5 aromatic rings. The van der Waals surface area contributed by atoms with Crippen LogP contribution in [0.15, 0.2) is 146 Å². The third-order valence-corrected chi connectivity index (χ3v) is 8.91. The molecular formula is C44H48O5. The highest BCUT2D eigenvalue weighted by atomic mass is 16.5. The summed E-state index contributed by atoms with van der Waals surface area (Å²) in [6.45, 7) is 2.94. The van der Waals surface area contributed by atoms with Crippen LogP contribution in [0.4, 0.5) is 0 Å². The molecule has 5 nitrogen and oxygen atoms in total. The zero-order valence-electron chi connectivity index (χ0n) is 28.5. The Bertz CT molecular complexity index is 1560. The predicted octanol–water partition coefficient (Wildman–Crippen LogP) is 9.31. The average Bonchev–Trinajstić information content (AvgIpc) is 3.16. The van der Waals surface area contributed by atoms with Gasteiger partial charge >= 0.3 is 5.97 Å². The van der Waals surface area contributed by atoms with Gasteiger partial charge in [0.1, 0.15) is 23.9 Å². The van der Waals surface area contributed by atoms with Crippen molar-refractivity contribution < 1.29 is 24.1 Å². The zero-order chi connectivity index (χ0) is 34.2. The Balaban J connectivity index is 1.39. The molecule has 0 aromatic heterocycles. The van der Waals surface area contributed by atoms with Crippen molar-refractivity contribution in [1.29, 1.82) is 0 Å². The summed E-state index contributed by atoms with van der Waals surface area (Å²) in [6, 6.07) is 47.7. The molecule has 0 bridgehead atoms. The molecule has 0 amide bonds. The Hall–Kier alpha value is -4.71. The molecule has 0 fully saturated rings. The topological polar surface area (TPSA) is 65.0 Å². The lowest BCUT2D eigenvalue weighted by Gasteiger charge is -2.37. The lowest BCUT2D eigenvalue weighted by molar-refractivity contribution is -0.159. The molecule has 0 saturated carbocycles. The zero-order valence-corrected chi connectivity index (χ0v) is 28.5. The third-order valence-electron chi connectivity index (χ3n) is 8.91. The molecule has 0 spiro atoms. The maximum Gasteiger partial charge on any atom is 0.314 e. The highest BCUT2D eigenvalue weighted by molar-refractivity contribution is 5.73. The van der Waals surface area contributed by atoms with E-state index < -0.39 is 23.6 Å². The van der Waals surface area contributed by atoms with Gasteiger partial charge in [0, 0.05) is 0 Å². The van der Waals surface area contributed by atoms with E-state index in [1.807, 2.05) is 146 Å². The number of aryl methyl sites for hydroxylation is 1. The van der Waals surface area contributed by atoms with Gasteiger partial charge in [0.05, 0.1) is 19.3 Å². The summed E-state index contributed by atoms with van der Waals surface area (Å²) in [4.78, 5) is 13.9. The molecule has 5 heteroatoms.